The molecule has 0 bridgehead atoms. The fourth-order valence-corrected chi connectivity index (χ4v) is 8.43. The highest BCUT2D eigenvalue weighted by molar-refractivity contribution is 7.25. The van der Waals surface area contributed by atoms with Gasteiger partial charge in [-0.25, -0.2) is 4.98 Å². The molecule has 0 aliphatic heterocycles. The lowest BCUT2D eigenvalue weighted by atomic mass is 9.85. The molecule has 3 heteroatoms. The number of rotatable bonds is 4. The van der Waals surface area contributed by atoms with E-state index in [0.717, 1.165) is 27.5 Å². The van der Waals surface area contributed by atoms with Gasteiger partial charge in [0.05, 0.1) is 17.9 Å². The number of fused-ring (bicyclic) bond motifs is 6. The number of para-hydroxylation sites is 3. The standard InChI is InChI=1S/C45H28N2S/c1-2-13-31(14-3-1)47-39-22-10-9-21-38(39)46-45(47)30-27-25-29(26-28-30)42-32-15-4-6-17-34(32)43(35-18-7-5-16-33(35)42)37-20-12-24-41-44(37)36-19-8-11-23-40(36)48-41/h1-28H/i1D,2D,3D,13D,14D. The molecule has 8 aromatic carbocycles. The molecule has 0 saturated heterocycles. The average Bonchev–Trinajstić information content (AvgIpc) is 3.78. The highest BCUT2D eigenvalue weighted by Crippen LogP contribution is 2.48. The summed E-state index contributed by atoms with van der Waals surface area (Å²) in [5.41, 5.74) is 6.78. The van der Waals surface area contributed by atoms with Gasteiger partial charge in [0, 0.05) is 31.4 Å². The molecule has 0 saturated carbocycles. The zero-order valence-corrected chi connectivity index (χ0v) is 26.4. The number of aromatic nitrogens is 2. The Hall–Kier alpha value is -6.03. The average molecular weight is 634 g/mol. The highest BCUT2D eigenvalue weighted by Gasteiger charge is 2.20. The second kappa shape index (κ2) is 10.8. The lowest BCUT2D eigenvalue weighted by Crippen LogP contribution is -1.97. The number of benzene rings is 8. The van der Waals surface area contributed by atoms with Gasteiger partial charge in [-0.15, -0.1) is 11.3 Å². The van der Waals surface area contributed by atoms with E-state index in [1.807, 2.05) is 47.7 Å². The van der Waals surface area contributed by atoms with Gasteiger partial charge in [0.25, 0.3) is 0 Å². The summed E-state index contributed by atoms with van der Waals surface area (Å²) in [6, 6.07) is 46.5. The summed E-state index contributed by atoms with van der Waals surface area (Å²) in [7, 11) is 0. The fourth-order valence-electron chi connectivity index (χ4n) is 7.30. The maximum Gasteiger partial charge on any atom is 0.145 e. The third-order valence-corrected chi connectivity index (χ3v) is 10.4. The van der Waals surface area contributed by atoms with Crippen molar-refractivity contribution in [3.05, 3.63) is 170 Å². The van der Waals surface area contributed by atoms with E-state index < -0.39 is 6.04 Å². The molecule has 48 heavy (non-hydrogen) atoms. The van der Waals surface area contributed by atoms with Crippen LogP contribution in [0.4, 0.5) is 0 Å². The second-order valence-corrected chi connectivity index (χ2v) is 13.0. The van der Waals surface area contributed by atoms with Crippen LogP contribution in [0.1, 0.15) is 6.85 Å². The van der Waals surface area contributed by atoms with Crippen molar-refractivity contribution in [3.63, 3.8) is 0 Å². The van der Waals surface area contributed by atoms with Gasteiger partial charge in [-0.1, -0.05) is 133 Å². The summed E-state index contributed by atoms with van der Waals surface area (Å²) in [6.45, 7) is 0. The quantitative estimate of drug-likeness (QED) is 0.176. The number of nitrogens with zero attached hydrogens (tertiary/aromatic N) is 2. The second-order valence-electron chi connectivity index (χ2n) is 11.9. The molecule has 0 radical (unpaired) electrons. The van der Waals surface area contributed by atoms with Gasteiger partial charge in [0.1, 0.15) is 5.82 Å². The summed E-state index contributed by atoms with van der Waals surface area (Å²) in [6.07, 6.45) is 0. The molecule has 0 amide bonds. The minimum absolute atomic E-state index is 0.0739. The fraction of sp³-hybridized carbons (Fsp3) is 0. The maximum atomic E-state index is 8.78. The van der Waals surface area contributed by atoms with E-state index >= 15 is 0 Å². The van der Waals surface area contributed by atoms with Crippen LogP contribution >= 0.6 is 11.3 Å². The van der Waals surface area contributed by atoms with Crippen molar-refractivity contribution in [2.24, 2.45) is 0 Å². The molecule has 0 aliphatic carbocycles. The molecule has 2 nitrogen and oxygen atoms in total. The SMILES string of the molecule is [2H]c1c([2H])c([2H])c(-n2c(-c3ccc(-c4c5ccccc5c(-c5cccc6sc7ccccc7c56)c5ccccc45)cc3)nc3ccccc32)c([2H])c1[2H]. The molecule has 10 aromatic rings. The minimum Gasteiger partial charge on any atom is -0.292 e. The molecular formula is C45H28N2S. The Morgan fingerprint density at radius 1 is 0.500 bits per heavy atom. The predicted molar refractivity (Wildman–Crippen MR) is 205 cm³/mol. The van der Waals surface area contributed by atoms with E-state index in [4.69, 9.17) is 11.8 Å². The first-order valence-corrected chi connectivity index (χ1v) is 16.7. The van der Waals surface area contributed by atoms with Crippen LogP contribution in [0, 0.1) is 0 Å². The molecular weight excluding hydrogens is 601 g/mol. The number of hydrogen-bond donors (Lipinski definition) is 0. The van der Waals surface area contributed by atoms with Crippen LogP contribution in [-0.4, -0.2) is 9.55 Å². The Bertz CT molecular complexity index is 3040. The minimum atomic E-state index is -0.426. The third kappa shape index (κ3) is 4.08. The zero-order chi connectivity index (χ0) is 36.0. The molecule has 0 fully saturated rings. The molecule has 0 spiro atoms. The van der Waals surface area contributed by atoms with Gasteiger partial charge in [-0.05, 0) is 80.1 Å². The van der Waals surface area contributed by atoms with E-state index in [2.05, 4.69) is 103 Å². The predicted octanol–water partition coefficient (Wildman–Crippen LogP) is 12.7. The lowest BCUT2D eigenvalue weighted by Gasteiger charge is -2.18. The van der Waals surface area contributed by atoms with Crippen molar-refractivity contribution in [1.29, 1.82) is 0 Å². The van der Waals surface area contributed by atoms with Gasteiger partial charge in [0.15, 0.2) is 0 Å². The third-order valence-electron chi connectivity index (χ3n) is 9.31. The van der Waals surface area contributed by atoms with Crippen LogP contribution in [-0.2, 0) is 0 Å². The Labute approximate surface area is 288 Å². The van der Waals surface area contributed by atoms with E-state index in [1.165, 1.54) is 42.1 Å². The topological polar surface area (TPSA) is 17.8 Å². The number of thiophene rings is 1. The number of imidazole rings is 1. The van der Waals surface area contributed by atoms with Crippen molar-refractivity contribution < 1.29 is 6.85 Å². The molecule has 224 valence electrons. The lowest BCUT2D eigenvalue weighted by molar-refractivity contribution is 1.10. The molecule has 0 atom stereocenters. The summed E-state index contributed by atoms with van der Waals surface area (Å²) in [5.74, 6) is 0.498. The van der Waals surface area contributed by atoms with Crippen molar-refractivity contribution in [2.45, 2.75) is 0 Å². The van der Waals surface area contributed by atoms with Crippen LogP contribution in [0.15, 0.2) is 170 Å². The molecule has 2 aromatic heterocycles. The largest absolute Gasteiger partial charge is 0.292 e. The summed E-state index contributed by atoms with van der Waals surface area (Å²) in [4.78, 5) is 4.94. The van der Waals surface area contributed by atoms with E-state index in [1.54, 1.807) is 4.57 Å². The van der Waals surface area contributed by atoms with E-state index in [-0.39, 0.29) is 29.9 Å². The summed E-state index contributed by atoms with van der Waals surface area (Å²) < 4.78 is 46.7. The van der Waals surface area contributed by atoms with Gasteiger partial charge >= 0.3 is 0 Å². The molecule has 0 N–H and O–H groups in total. The zero-order valence-electron chi connectivity index (χ0n) is 30.6. The van der Waals surface area contributed by atoms with Crippen molar-refractivity contribution >= 4 is 64.1 Å². The highest BCUT2D eigenvalue weighted by atomic mass is 32.1. The normalized spacial score (nSPS) is 13.2. The Kier molecular flexibility index (Phi) is 5.04. The summed E-state index contributed by atoms with van der Waals surface area (Å²) >= 11 is 1.83. The van der Waals surface area contributed by atoms with Crippen LogP contribution in [0.25, 0.3) is 92.1 Å². The number of hydrogen-bond acceptors (Lipinski definition) is 2. The van der Waals surface area contributed by atoms with E-state index in [0.29, 0.717) is 16.9 Å². The smallest absolute Gasteiger partial charge is 0.145 e. The Morgan fingerprint density at radius 3 is 1.81 bits per heavy atom. The van der Waals surface area contributed by atoms with Crippen LogP contribution in [0.3, 0.4) is 0 Å². The van der Waals surface area contributed by atoms with E-state index in [9.17, 15) is 0 Å². The molecule has 10 rings (SSSR count). The maximum absolute atomic E-state index is 8.78. The first kappa shape index (κ1) is 22.5. The Morgan fingerprint density at radius 2 is 1.08 bits per heavy atom. The summed E-state index contributed by atoms with van der Waals surface area (Å²) in [5, 5.41) is 7.20. The van der Waals surface area contributed by atoms with Crippen molar-refractivity contribution in [1.82, 2.24) is 9.55 Å². The van der Waals surface area contributed by atoms with Crippen LogP contribution in [0.2, 0.25) is 0 Å². The van der Waals surface area contributed by atoms with Crippen molar-refractivity contribution in [2.75, 3.05) is 0 Å². The van der Waals surface area contributed by atoms with Gasteiger partial charge in [0.2, 0.25) is 0 Å². The van der Waals surface area contributed by atoms with Gasteiger partial charge in [-0.2, -0.15) is 0 Å². The van der Waals surface area contributed by atoms with Gasteiger partial charge in [-0.3, -0.25) is 4.57 Å². The van der Waals surface area contributed by atoms with Crippen molar-refractivity contribution in [3.8, 4) is 39.3 Å². The Balaban J connectivity index is 1.20. The molecule has 0 unspecified atom stereocenters. The van der Waals surface area contributed by atoms with Gasteiger partial charge < -0.3 is 0 Å². The van der Waals surface area contributed by atoms with Crippen LogP contribution in [0.5, 0.6) is 0 Å². The monoisotopic (exact) mass is 633 g/mol. The molecule has 0 aliphatic rings. The van der Waals surface area contributed by atoms with Crippen LogP contribution < -0.4 is 0 Å². The first-order valence-electron chi connectivity index (χ1n) is 18.4. The first-order chi connectivity index (χ1) is 25.9. The molecule has 2 heterocycles.